The van der Waals surface area contributed by atoms with E-state index in [9.17, 15) is 20.4 Å². The first kappa shape index (κ1) is 16.8. The second-order valence-electron chi connectivity index (χ2n) is 6.97. The molecule has 138 valence electrons. The van der Waals surface area contributed by atoms with Crippen LogP contribution in [0.5, 0.6) is 28.7 Å². The first-order valence-electron chi connectivity index (χ1n) is 8.84. The Morgan fingerprint density at radius 2 is 1.65 bits per heavy atom. The number of ether oxygens (including phenoxy) is 2. The predicted molar refractivity (Wildman–Crippen MR) is 93.7 cm³/mol. The number of fused-ring (bicyclic) bond motifs is 4. The van der Waals surface area contributed by atoms with Gasteiger partial charge in [0, 0.05) is 29.7 Å². The fourth-order valence-electron chi connectivity index (χ4n) is 4.19. The van der Waals surface area contributed by atoms with Gasteiger partial charge in [-0.25, -0.2) is 0 Å². The van der Waals surface area contributed by atoms with Crippen LogP contribution in [-0.4, -0.2) is 26.5 Å². The first-order valence-corrected chi connectivity index (χ1v) is 8.84. The molecule has 2 aliphatic heterocycles. The highest BCUT2D eigenvalue weighted by atomic mass is 16.6. The highest BCUT2D eigenvalue weighted by molar-refractivity contribution is 5.54. The molecule has 0 amide bonds. The molecule has 0 aromatic heterocycles. The zero-order valence-corrected chi connectivity index (χ0v) is 14.7. The van der Waals surface area contributed by atoms with Crippen molar-refractivity contribution < 1.29 is 29.9 Å². The van der Waals surface area contributed by atoms with Gasteiger partial charge in [0.2, 0.25) is 0 Å². The van der Waals surface area contributed by atoms with Crippen LogP contribution in [0.2, 0.25) is 0 Å². The third-order valence-corrected chi connectivity index (χ3v) is 5.63. The van der Waals surface area contributed by atoms with E-state index in [4.69, 9.17) is 9.47 Å². The molecule has 2 aromatic carbocycles. The molecule has 26 heavy (non-hydrogen) atoms. The third kappa shape index (κ3) is 2.29. The van der Waals surface area contributed by atoms with Crippen molar-refractivity contribution in [3.63, 3.8) is 0 Å². The summed E-state index contributed by atoms with van der Waals surface area (Å²) >= 11 is 0. The summed E-state index contributed by atoms with van der Waals surface area (Å²) in [4.78, 5) is 0. The maximum atomic E-state index is 10.2. The maximum Gasteiger partial charge on any atom is 0.157 e. The molecule has 0 spiro atoms. The molecule has 4 N–H and O–H groups in total. The van der Waals surface area contributed by atoms with Crippen LogP contribution >= 0.6 is 0 Å². The van der Waals surface area contributed by atoms with Crippen LogP contribution in [0.25, 0.3) is 0 Å². The first-order chi connectivity index (χ1) is 12.4. The molecule has 0 radical (unpaired) electrons. The lowest BCUT2D eigenvalue weighted by Crippen LogP contribution is -2.46. The Bertz CT molecular complexity index is 871. The highest BCUT2D eigenvalue weighted by Crippen LogP contribution is 2.53. The fourth-order valence-corrected chi connectivity index (χ4v) is 4.19. The number of phenolic OH excluding ortho intramolecular Hbond substituents is 4. The van der Waals surface area contributed by atoms with E-state index in [0.29, 0.717) is 30.6 Å². The van der Waals surface area contributed by atoms with Crippen molar-refractivity contribution in [1.82, 2.24) is 0 Å². The van der Waals surface area contributed by atoms with E-state index < -0.39 is 11.7 Å². The van der Waals surface area contributed by atoms with Crippen molar-refractivity contribution >= 4 is 0 Å². The maximum absolute atomic E-state index is 10.2. The minimum Gasteiger partial charge on any atom is -0.508 e. The largest absolute Gasteiger partial charge is 0.508 e. The molecule has 0 bridgehead atoms. The average Bonchev–Trinajstić information content (AvgIpc) is 2.61. The van der Waals surface area contributed by atoms with Gasteiger partial charge in [0.15, 0.2) is 17.6 Å². The Hall–Kier alpha value is -2.60. The molecule has 0 saturated heterocycles. The van der Waals surface area contributed by atoms with E-state index >= 15 is 0 Å². The van der Waals surface area contributed by atoms with Crippen LogP contribution in [-0.2, 0) is 16.8 Å². The summed E-state index contributed by atoms with van der Waals surface area (Å²) in [7, 11) is 0. The van der Waals surface area contributed by atoms with Gasteiger partial charge in [-0.3, -0.25) is 0 Å². The highest BCUT2D eigenvalue weighted by Gasteiger charge is 2.47. The van der Waals surface area contributed by atoms with E-state index in [-0.39, 0.29) is 29.1 Å². The van der Waals surface area contributed by atoms with Gasteiger partial charge < -0.3 is 29.9 Å². The standard InChI is InChI=1S/C20H22O6/c1-3-20(4-2)13-9-16(24)15(23)7-11(13)19-18(26-20)8-12-14(22)5-10(21)6-17(12)25-19/h5-7,9,18-19,21-24H,3-4,8H2,1-2H3/t18-,19+/m0/s1. The molecule has 6 nitrogen and oxygen atoms in total. The number of aromatic hydroxyl groups is 4. The molecular formula is C20H22O6. The second-order valence-corrected chi connectivity index (χ2v) is 6.97. The molecule has 0 unspecified atom stereocenters. The average molecular weight is 358 g/mol. The van der Waals surface area contributed by atoms with E-state index in [2.05, 4.69) is 0 Å². The summed E-state index contributed by atoms with van der Waals surface area (Å²) in [5, 5.41) is 40.0. The number of hydrogen-bond donors (Lipinski definition) is 4. The van der Waals surface area contributed by atoms with Crippen molar-refractivity contribution in [2.45, 2.75) is 50.9 Å². The number of phenols is 4. The second kappa shape index (κ2) is 5.71. The van der Waals surface area contributed by atoms with E-state index in [0.717, 1.165) is 11.1 Å². The van der Waals surface area contributed by atoms with Gasteiger partial charge >= 0.3 is 0 Å². The Labute approximate surface area is 151 Å². The van der Waals surface area contributed by atoms with Crippen molar-refractivity contribution in [3.8, 4) is 28.7 Å². The Morgan fingerprint density at radius 3 is 2.35 bits per heavy atom. The zero-order chi connectivity index (χ0) is 18.6. The van der Waals surface area contributed by atoms with Crippen LogP contribution in [0, 0.1) is 0 Å². The van der Waals surface area contributed by atoms with Gasteiger partial charge in [-0.15, -0.1) is 0 Å². The molecule has 2 atom stereocenters. The molecule has 4 rings (SSSR count). The smallest absolute Gasteiger partial charge is 0.157 e. The van der Waals surface area contributed by atoms with Crippen molar-refractivity contribution in [1.29, 1.82) is 0 Å². The predicted octanol–water partition coefficient (Wildman–Crippen LogP) is 3.60. The summed E-state index contributed by atoms with van der Waals surface area (Å²) in [5.74, 6) is -0.116. The van der Waals surface area contributed by atoms with E-state index in [1.807, 2.05) is 13.8 Å². The van der Waals surface area contributed by atoms with Crippen LogP contribution < -0.4 is 4.74 Å². The lowest BCUT2D eigenvalue weighted by molar-refractivity contribution is -0.161. The SMILES string of the molecule is CCC1(CC)O[C@H]2Cc3c(O)cc(O)cc3O[C@@H]2c2cc(O)c(O)cc21. The molecule has 2 aliphatic rings. The lowest BCUT2D eigenvalue weighted by Gasteiger charge is -2.47. The van der Waals surface area contributed by atoms with Gasteiger partial charge in [0.05, 0.1) is 5.60 Å². The van der Waals surface area contributed by atoms with Crippen molar-refractivity contribution in [3.05, 3.63) is 41.0 Å². The lowest BCUT2D eigenvalue weighted by atomic mass is 9.77. The quantitative estimate of drug-likeness (QED) is 0.612. The minimum absolute atomic E-state index is 0.0278. The summed E-state index contributed by atoms with van der Waals surface area (Å²) in [6.07, 6.45) is 0.955. The molecule has 2 aromatic rings. The normalized spacial score (nSPS) is 22.7. The van der Waals surface area contributed by atoms with Crippen LogP contribution in [0.15, 0.2) is 24.3 Å². The Kier molecular flexibility index (Phi) is 3.70. The number of benzene rings is 2. The van der Waals surface area contributed by atoms with E-state index in [1.54, 1.807) is 6.07 Å². The summed E-state index contributed by atoms with van der Waals surface area (Å²) < 4.78 is 12.5. The zero-order valence-electron chi connectivity index (χ0n) is 14.7. The molecule has 0 saturated carbocycles. The Balaban J connectivity index is 1.89. The summed E-state index contributed by atoms with van der Waals surface area (Å²) in [6.45, 7) is 4.04. The van der Waals surface area contributed by atoms with Crippen molar-refractivity contribution in [2.75, 3.05) is 0 Å². The van der Waals surface area contributed by atoms with Crippen molar-refractivity contribution in [2.24, 2.45) is 0 Å². The van der Waals surface area contributed by atoms with Gasteiger partial charge in [0.1, 0.15) is 23.4 Å². The third-order valence-electron chi connectivity index (χ3n) is 5.63. The number of hydrogen-bond acceptors (Lipinski definition) is 6. The van der Waals surface area contributed by atoms with Gasteiger partial charge in [-0.05, 0) is 30.5 Å². The van der Waals surface area contributed by atoms with Crippen LogP contribution in [0.4, 0.5) is 0 Å². The van der Waals surface area contributed by atoms with Crippen LogP contribution in [0.3, 0.4) is 0 Å². The molecular weight excluding hydrogens is 336 g/mol. The number of rotatable bonds is 2. The monoisotopic (exact) mass is 358 g/mol. The minimum atomic E-state index is -0.602. The van der Waals surface area contributed by atoms with Gasteiger partial charge in [-0.1, -0.05) is 13.8 Å². The van der Waals surface area contributed by atoms with Gasteiger partial charge in [0.25, 0.3) is 0 Å². The molecule has 0 aliphatic carbocycles. The molecule has 0 fully saturated rings. The fraction of sp³-hybridized carbons (Fsp3) is 0.400. The van der Waals surface area contributed by atoms with Crippen LogP contribution in [0.1, 0.15) is 49.5 Å². The van der Waals surface area contributed by atoms with Gasteiger partial charge in [-0.2, -0.15) is 0 Å². The summed E-state index contributed by atoms with van der Waals surface area (Å²) in [6, 6.07) is 5.83. The molecule has 2 heterocycles. The molecule has 6 heteroatoms. The Morgan fingerprint density at radius 1 is 0.962 bits per heavy atom. The van der Waals surface area contributed by atoms with E-state index in [1.165, 1.54) is 18.2 Å². The topological polar surface area (TPSA) is 99.4 Å². The summed E-state index contributed by atoms with van der Waals surface area (Å²) in [5.41, 5.74) is 1.55.